The Labute approximate surface area is 117 Å². The third kappa shape index (κ3) is 7.98. The van der Waals surface area contributed by atoms with Crippen molar-refractivity contribution < 1.29 is 0 Å². The van der Waals surface area contributed by atoms with Crippen LogP contribution < -0.4 is 16.6 Å². The van der Waals surface area contributed by atoms with Gasteiger partial charge in [0.15, 0.2) is 0 Å². The van der Waals surface area contributed by atoms with E-state index >= 15 is 0 Å². The van der Waals surface area contributed by atoms with E-state index in [4.69, 9.17) is 5.73 Å². The van der Waals surface area contributed by atoms with Crippen molar-refractivity contribution in [2.24, 2.45) is 5.73 Å². The number of hydrogen-bond acceptors (Lipinski definition) is 3. The van der Waals surface area contributed by atoms with Crippen molar-refractivity contribution in [2.45, 2.75) is 58.5 Å². The van der Waals surface area contributed by atoms with Crippen molar-refractivity contribution in [2.75, 3.05) is 6.54 Å². The molecule has 3 heteroatoms. The highest BCUT2D eigenvalue weighted by atomic mass is 15.3. The zero-order chi connectivity index (χ0) is 13.8. The molecule has 19 heavy (non-hydrogen) atoms. The lowest BCUT2D eigenvalue weighted by molar-refractivity contribution is 0.499. The van der Waals surface area contributed by atoms with Crippen LogP contribution in [0.1, 0.15) is 56.6 Å². The molecule has 0 spiro atoms. The summed E-state index contributed by atoms with van der Waals surface area (Å²) in [4.78, 5) is 0. The Morgan fingerprint density at radius 3 is 2.47 bits per heavy atom. The predicted molar refractivity (Wildman–Crippen MR) is 82.6 cm³/mol. The van der Waals surface area contributed by atoms with Crippen LogP contribution in [0.4, 0.5) is 0 Å². The Hall–Kier alpha value is -0.900. The molecule has 0 amide bonds. The smallest absolute Gasteiger partial charge is 0.0351 e. The lowest BCUT2D eigenvalue weighted by atomic mass is 10.1. The number of unbranched alkanes of at least 4 members (excludes halogenated alkanes) is 5. The third-order valence-corrected chi connectivity index (χ3v) is 3.30. The number of hydrazine groups is 1. The molecule has 0 fully saturated rings. The maximum atomic E-state index is 5.63. The van der Waals surface area contributed by atoms with Crippen molar-refractivity contribution in [3.8, 4) is 0 Å². The molecule has 0 saturated heterocycles. The summed E-state index contributed by atoms with van der Waals surface area (Å²) in [5, 5.41) is 0. The molecule has 108 valence electrons. The monoisotopic (exact) mass is 263 g/mol. The Bertz CT molecular complexity index is 326. The molecule has 0 bridgehead atoms. The summed E-state index contributed by atoms with van der Waals surface area (Å²) in [6, 6.07) is 8.40. The van der Waals surface area contributed by atoms with Gasteiger partial charge in [0.05, 0.1) is 0 Å². The standard InChI is InChI=1S/C16H29N3/c1-2-3-4-5-6-7-11-18-19-14-16-10-8-9-15(12-16)13-17/h8-10,12,18-19H,2-7,11,13-14,17H2,1H3. The van der Waals surface area contributed by atoms with Crippen LogP contribution in [-0.4, -0.2) is 6.54 Å². The van der Waals surface area contributed by atoms with Gasteiger partial charge in [0.25, 0.3) is 0 Å². The van der Waals surface area contributed by atoms with E-state index in [0.717, 1.165) is 13.1 Å². The Morgan fingerprint density at radius 2 is 1.68 bits per heavy atom. The number of benzene rings is 1. The fourth-order valence-electron chi connectivity index (χ4n) is 2.11. The molecule has 0 atom stereocenters. The van der Waals surface area contributed by atoms with E-state index in [2.05, 4.69) is 42.0 Å². The molecule has 0 saturated carbocycles. The maximum absolute atomic E-state index is 5.63. The second kappa shape index (κ2) is 11.0. The first-order valence-electron chi connectivity index (χ1n) is 7.60. The number of rotatable bonds is 11. The van der Waals surface area contributed by atoms with E-state index < -0.39 is 0 Å². The normalized spacial score (nSPS) is 10.8. The topological polar surface area (TPSA) is 50.1 Å². The van der Waals surface area contributed by atoms with E-state index in [9.17, 15) is 0 Å². The highest BCUT2D eigenvalue weighted by molar-refractivity contribution is 5.22. The SMILES string of the molecule is CCCCCCCCNNCc1cccc(CN)c1. The Morgan fingerprint density at radius 1 is 0.947 bits per heavy atom. The molecule has 1 aromatic carbocycles. The molecule has 4 N–H and O–H groups in total. The van der Waals surface area contributed by atoms with Gasteiger partial charge >= 0.3 is 0 Å². The van der Waals surface area contributed by atoms with Crippen molar-refractivity contribution in [3.05, 3.63) is 35.4 Å². The second-order valence-electron chi connectivity index (χ2n) is 5.07. The van der Waals surface area contributed by atoms with E-state index in [1.165, 1.54) is 49.7 Å². The van der Waals surface area contributed by atoms with Gasteiger partial charge in [-0.1, -0.05) is 63.3 Å². The summed E-state index contributed by atoms with van der Waals surface area (Å²) in [6.45, 7) is 4.76. The third-order valence-electron chi connectivity index (χ3n) is 3.30. The minimum atomic E-state index is 0.610. The van der Waals surface area contributed by atoms with Gasteiger partial charge in [0, 0.05) is 19.6 Å². The van der Waals surface area contributed by atoms with Crippen LogP contribution in [0.25, 0.3) is 0 Å². The van der Waals surface area contributed by atoms with Gasteiger partial charge in [-0.2, -0.15) is 0 Å². The predicted octanol–water partition coefficient (Wildman–Crippen LogP) is 3.10. The van der Waals surface area contributed by atoms with Gasteiger partial charge in [-0.25, -0.2) is 0 Å². The first-order chi connectivity index (χ1) is 9.36. The summed E-state index contributed by atoms with van der Waals surface area (Å²) < 4.78 is 0. The molecule has 0 aliphatic heterocycles. The van der Waals surface area contributed by atoms with Gasteiger partial charge in [-0.05, 0) is 17.5 Å². The van der Waals surface area contributed by atoms with Crippen LogP contribution in [0.15, 0.2) is 24.3 Å². The zero-order valence-corrected chi connectivity index (χ0v) is 12.3. The summed E-state index contributed by atoms with van der Waals surface area (Å²) in [7, 11) is 0. The minimum absolute atomic E-state index is 0.610. The molecule has 1 aromatic rings. The van der Waals surface area contributed by atoms with Gasteiger partial charge in [0.1, 0.15) is 0 Å². The maximum Gasteiger partial charge on any atom is 0.0351 e. The first-order valence-corrected chi connectivity index (χ1v) is 7.60. The lowest BCUT2D eigenvalue weighted by Crippen LogP contribution is -2.31. The molecule has 0 heterocycles. The van der Waals surface area contributed by atoms with Gasteiger partial charge < -0.3 is 5.73 Å². The average molecular weight is 263 g/mol. The second-order valence-corrected chi connectivity index (χ2v) is 5.07. The number of nitrogens with two attached hydrogens (primary N) is 1. The highest BCUT2D eigenvalue weighted by Gasteiger charge is 1.94. The highest BCUT2D eigenvalue weighted by Crippen LogP contribution is 2.05. The largest absolute Gasteiger partial charge is 0.326 e. The van der Waals surface area contributed by atoms with E-state index in [1.807, 2.05) is 0 Å². The molecular formula is C16H29N3. The summed E-state index contributed by atoms with van der Waals surface area (Å²) >= 11 is 0. The lowest BCUT2D eigenvalue weighted by Gasteiger charge is -2.08. The van der Waals surface area contributed by atoms with Gasteiger partial charge in [-0.3, -0.25) is 10.9 Å². The number of hydrogen-bond donors (Lipinski definition) is 3. The molecule has 1 rings (SSSR count). The van der Waals surface area contributed by atoms with E-state index in [-0.39, 0.29) is 0 Å². The van der Waals surface area contributed by atoms with Crippen molar-refractivity contribution in [1.82, 2.24) is 10.9 Å². The van der Waals surface area contributed by atoms with Crippen molar-refractivity contribution >= 4 is 0 Å². The van der Waals surface area contributed by atoms with Gasteiger partial charge in [0.2, 0.25) is 0 Å². The van der Waals surface area contributed by atoms with E-state index in [0.29, 0.717) is 6.54 Å². The molecular weight excluding hydrogens is 234 g/mol. The van der Waals surface area contributed by atoms with Crippen LogP contribution in [-0.2, 0) is 13.1 Å². The van der Waals surface area contributed by atoms with Crippen molar-refractivity contribution in [3.63, 3.8) is 0 Å². The minimum Gasteiger partial charge on any atom is -0.326 e. The number of nitrogens with one attached hydrogen (secondary N) is 2. The molecule has 0 radical (unpaired) electrons. The summed E-state index contributed by atoms with van der Waals surface area (Å²) in [5.74, 6) is 0. The van der Waals surface area contributed by atoms with Crippen molar-refractivity contribution in [1.29, 1.82) is 0 Å². The van der Waals surface area contributed by atoms with Gasteiger partial charge in [-0.15, -0.1) is 0 Å². The average Bonchev–Trinajstić information content (AvgIpc) is 2.46. The fourth-order valence-corrected chi connectivity index (χ4v) is 2.11. The van der Waals surface area contributed by atoms with Crippen LogP contribution in [0, 0.1) is 0 Å². The molecule has 0 unspecified atom stereocenters. The molecule has 0 aromatic heterocycles. The van der Waals surface area contributed by atoms with E-state index in [1.54, 1.807) is 0 Å². The quantitative estimate of drug-likeness (QED) is 0.425. The zero-order valence-electron chi connectivity index (χ0n) is 12.3. The summed E-state index contributed by atoms with van der Waals surface area (Å²) in [5.41, 5.74) is 14.6. The van der Waals surface area contributed by atoms with Crippen LogP contribution >= 0.6 is 0 Å². The van der Waals surface area contributed by atoms with Crippen LogP contribution in [0.5, 0.6) is 0 Å². The summed E-state index contributed by atoms with van der Waals surface area (Å²) in [6.07, 6.45) is 8.03. The molecule has 0 aliphatic rings. The molecule has 0 aliphatic carbocycles. The van der Waals surface area contributed by atoms with Crippen LogP contribution in [0.3, 0.4) is 0 Å². The molecule has 3 nitrogen and oxygen atoms in total. The fraction of sp³-hybridized carbons (Fsp3) is 0.625. The first kappa shape index (κ1) is 16.2. The van der Waals surface area contributed by atoms with Crippen LogP contribution in [0.2, 0.25) is 0 Å². The Kier molecular flexibility index (Phi) is 9.33. The Balaban J connectivity index is 1.98.